The molecule has 0 amide bonds. The molecule has 0 bridgehead atoms. The lowest BCUT2D eigenvalue weighted by Gasteiger charge is -2.29. The predicted molar refractivity (Wildman–Crippen MR) is 122 cm³/mol. The van der Waals surface area contributed by atoms with Crippen LogP contribution in [0.2, 0.25) is 0 Å². The molecule has 7 nitrogen and oxygen atoms in total. The van der Waals surface area contributed by atoms with Crippen molar-refractivity contribution >= 4 is 29.5 Å². The van der Waals surface area contributed by atoms with E-state index in [1.54, 1.807) is 31.3 Å². The predicted octanol–water partition coefficient (Wildman–Crippen LogP) is 4.27. The molecule has 2 N–H and O–H groups in total. The fourth-order valence-corrected chi connectivity index (χ4v) is 3.48. The molecule has 0 unspecified atom stereocenters. The minimum Gasteiger partial charge on any atom is -0.478 e. The third-order valence-electron chi connectivity index (χ3n) is 5.11. The number of morpholine rings is 1. The molecule has 32 heavy (non-hydrogen) atoms. The molecule has 1 aliphatic heterocycles. The molecule has 0 aliphatic carbocycles. The number of rotatable bonds is 6. The highest BCUT2D eigenvalue weighted by molar-refractivity contribution is 5.86. The van der Waals surface area contributed by atoms with Crippen LogP contribution in [0.5, 0.6) is 0 Å². The molecule has 1 fully saturated rings. The Balaban J connectivity index is 1.71. The van der Waals surface area contributed by atoms with Crippen molar-refractivity contribution in [1.29, 1.82) is 0 Å². The lowest BCUT2D eigenvalue weighted by atomic mass is 10.0. The van der Waals surface area contributed by atoms with Gasteiger partial charge in [0.15, 0.2) is 0 Å². The van der Waals surface area contributed by atoms with Gasteiger partial charge in [-0.3, -0.25) is 0 Å². The van der Waals surface area contributed by atoms with Gasteiger partial charge in [0.25, 0.3) is 0 Å². The van der Waals surface area contributed by atoms with Crippen molar-refractivity contribution in [1.82, 2.24) is 9.97 Å². The minimum absolute atomic E-state index is 0.266. The number of aryl methyl sites for hydroxylation is 1. The van der Waals surface area contributed by atoms with Crippen LogP contribution >= 0.6 is 0 Å². The van der Waals surface area contributed by atoms with Gasteiger partial charge in [0.05, 0.1) is 13.2 Å². The molecule has 0 spiro atoms. The molecule has 3 aromatic rings. The van der Waals surface area contributed by atoms with Gasteiger partial charge < -0.3 is 20.1 Å². The Morgan fingerprint density at radius 1 is 1.22 bits per heavy atom. The van der Waals surface area contributed by atoms with E-state index >= 15 is 0 Å². The molecular weight excluding hydrogens is 411 g/mol. The Bertz CT molecular complexity index is 1160. The van der Waals surface area contributed by atoms with Gasteiger partial charge in [-0.05, 0) is 54.0 Å². The van der Waals surface area contributed by atoms with E-state index in [0.29, 0.717) is 43.5 Å². The third-order valence-corrected chi connectivity index (χ3v) is 5.11. The summed E-state index contributed by atoms with van der Waals surface area (Å²) in [6, 6.07) is 12.3. The largest absolute Gasteiger partial charge is 0.478 e. The summed E-state index contributed by atoms with van der Waals surface area (Å²) in [6.45, 7) is 4.29. The molecule has 0 saturated carbocycles. The quantitative estimate of drug-likeness (QED) is 0.560. The first kappa shape index (κ1) is 21.5. The SMILES string of the molecule is Cc1cc(Nc2ncc(-c3cccc(C=CC(=O)O)c3)c(N3CCOCC3)n2)ccc1F. The standard InChI is InChI=1S/C24H23FN4O3/c1-16-13-19(6-7-21(16)25)27-24-26-15-20(23(28-24)29-9-11-32-12-10-29)18-4-2-3-17(14-18)5-8-22(30)31/h2-8,13-15H,9-12H2,1H3,(H,30,31)(H,26,27,28). The summed E-state index contributed by atoms with van der Waals surface area (Å²) in [5, 5.41) is 12.1. The number of nitrogens with zero attached hydrogens (tertiary/aromatic N) is 3. The highest BCUT2D eigenvalue weighted by Crippen LogP contribution is 2.31. The van der Waals surface area contributed by atoms with Crippen molar-refractivity contribution < 1.29 is 19.0 Å². The monoisotopic (exact) mass is 434 g/mol. The lowest BCUT2D eigenvalue weighted by Crippen LogP contribution is -2.37. The Hall–Kier alpha value is -3.78. The number of carboxylic acids is 1. The fraction of sp³-hybridized carbons (Fsp3) is 0.208. The van der Waals surface area contributed by atoms with E-state index < -0.39 is 5.97 Å². The molecule has 164 valence electrons. The molecular formula is C24H23FN4O3. The van der Waals surface area contributed by atoms with Crippen molar-refractivity contribution in [3.63, 3.8) is 0 Å². The summed E-state index contributed by atoms with van der Waals surface area (Å²) < 4.78 is 19.1. The number of aliphatic carboxylic acids is 1. The molecule has 0 atom stereocenters. The van der Waals surface area contributed by atoms with Gasteiger partial charge in [-0.15, -0.1) is 0 Å². The van der Waals surface area contributed by atoms with E-state index in [9.17, 15) is 9.18 Å². The molecule has 4 rings (SSSR count). The first-order valence-corrected chi connectivity index (χ1v) is 10.2. The van der Waals surface area contributed by atoms with E-state index in [1.807, 2.05) is 24.3 Å². The number of benzene rings is 2. The second kappa shape index (κ2) is 9.57. The van der Waals surface area contributed by atoms with E-state index in [-0.39, 0.29) is 5.82 Å². The van der Waals surface area contributed by atoms with Crippen molar-refractivity contribution in [2.75, 3.05) is 36.5 Å². The number of ether oxygens (including phenoxy) is 1. The van der Waals surface area contributed by atoms with Crippen LogP contribution in [0.1, 0.15) is 11.1 Å². The van der Waals surface area contributed by atoms with Crippen molar-refractivity contribution in [2.45, 2.75) is 6.92 Å². The minimum atomic E-state index is -1.00. The highest BCUT2D eigenvalue weighted by atomic mass is 19.1. The Kier molecular flexibility index (Phi) is 6.42. The molecule has 2 heterocycles. The van der Waals surface area contributed by atoms with Crippen LogP contribution in [0, 0.1) is 12.7 Å². The number of aromatic nitrogens is 2. The van der Waals surface area contributed by atoms with Gasteiger partial charge in [-0.2, -0.15) is 4.98 Å². The third kappa shape index (κ3) is 5.09. The van der Waals surface area contributed by atoms with Crippen LogP contribution in [-0.2, 0) is 9.53 Å². The van der Waals surface area contributed by atoms with Crippen LogP contribution in [0.25, 0.3) is 17.2 Å². The van der Waals surface area contributed by atoms with Gasteiger partial charge in [0.1, 0.15) is 11.6 Å². The van der Waals surface area contributed by atoms with Gasteiger partial charge in [-0.1, -0.05) is 18.2 Å². The zero-order chi connectivity index (χ0) is 22.5. The number of halogens is 1. The summed E-state index contributed by atoms with van der Waals surface area (Å²) in [5.74, 6) is -0.107. The second-order valence-corrected chi connectivity index (χ2v) is 7.42. The number of hydrogen-bond donors (Lipinski definition) is 2. The zero-order valence-electron chi connectivity index (χ0n) is 17.6. The van der Waals surface area contributed by atoms with Gasteiger partial charge in [0.2, 0.25) is 5.95 Å². The average molecular weight is 434 g/mol. The van der Waals surface area contributed by atoms with Crippen LogP contribution < -0.4 is 10.2 Å². The number of hydrogen-bond acceptors (Lipinski definition) is 6. The maximum atomic E-state index is 13.6. The summed E-state index contributed by atoms with van der Waals surface area (Å²) in [7, 11) is 0. The van der Waals surface area contributed by atoms with E-state index in [2.05, 4.69) is 15.2 Å². The number of carboxylic acid groups (broad SMARTS) is 1. The maximum Gasteiger partial charge on any atom is 0.328 e. The van der Waals surface area contributed by atoms with E-state index in [4.69, 9.17) is 14.8 Å². The van der Waals surface area contributed by atoms with Crippen LogP contribution in [0.3, 0.4) is 0 Å². The zero-order valence-corrected chi connectivity index (χ0v) is 17.6. The van der Waals surface area contributed by atoms with Crippen LogP contribution in [0.15, 0.2) is 54.7 Å². The fourth-order valence-electron chi connectivity index (χ4n) is 3.48. The summed E-state index contributed by atoms with van der Waals surface area (Å²) >= 11 is 0. The van der Waals surface area contributed by atoms with E-state index in [1.165, 1.54) is 6.07 Å². The first-order valence-electron chi connectivity index (χ1n) is 10.2. The van der Waals surface area contributed by atoms with Crippen molar-refractivity contribution in [3.8, 4) is 11.1 Å². The molecule has 1 aliphatic rings. The van der Waals surface area contributed by atoms with Crippen molar-refractivity contribution in [3.05, 3.63) is 71.7 Å². The highest BCUT2D eigenvalue weighted by Gasteiger charge is 2.19. The maximum absolute atomic E-state index is 13.6. The van der Waals surface area contributed by atoms with Crippen LogP contribution in [0.4, 0.5) is 21.8 Å². The topological polar surface area (TPSA) is 87.6 Å². The lowest BCUT2D eigenvalue weighted by molar-refractivity contribution is -0.131. The number of anilines is 3. The summed E-state index contributed by atoms with van der Waals surface area (Å²) in [4.78, 5) is 22.2. The van der Waals surface area contributed by atoms with Gasteiger partial charge in [-0.25, -0.2) is 14.2 Å². The second-order valence-electron chi connectivity index (χ2n) is 7.42. The number of carbonyl (C=O) groups is 1. The normalized spacial score (nSPS) is 14.0. The molecule has 1 saturated heterocycles. The molecule has 2 aromatic carbocycles. The van der Waals surface area contributed by atoms with Gasteiger partial charge >= 0.3 is 5.97 Å². The number of nitrogens with one attached hydrogen (secondary N) is 1. The molecule has 8 heteroatoms. The first-order chi connectivity index (χ1) is 15.5. The Labute approximate surface area is 185 Å². The average Bonchev–Trinajstić information content (AvgIpc) is 2.81. The van der Waals surface area contributed by atoms with Gasteiger partial charge in [0, 0.05) is 36.6 Å². The Morgan fingerprint density at radius 3 is 2.78 bits per heavy atom. The van der Waals surface area contributed by atoms with E-state index in [0.717, 1.165) is 28.6 Å². The summed E-state index contributed by atoms with van der Waals surface area (Å²) in [6.07, 6.45) is 4.40. The Morgan fingerprint density at radius 2 is 2.03 bits per heavy atom. The summed E-state index contributed by atoms with van der Waals surface area (Å²) in [5.41, 5.74) is 3.71. The van der Waals surface area contributed by atoms with Crippen LogP contribution in [-0.4, -0.2) is 47.3 Å². The molecule has 0 radical (unpaired) electrons. The molecule has 1 aromatic heterocycles. The smallest absolute Gasteiger partial charge is 0.328 e. The van der Waals surface area contributed by atoms with Crippen molar-refractivity contribution in [2.24, 2.45) is 0 Å².